The fourth-order valence-electron chi connectivity index (χ4n) is 3.50. The number of sulfonamides is 1. The van der Waals surface area contributed by atoms with E-state index in [1.54, 1.807) is 47.4 Å². The molecule has 29 heavy (non-hydrogen) atoms. The van der Waals surface area contributed by atoms with Crippen LogP contribution in [0.5, 0.6) is 5.75 Å². The molecule has 1 aliphatic heterocycles. The molecule has 8 heteroatoms. The highest BCUT2D eigenvalue weighted by Gasteiger charge is 2.32. The summed E-state index contributed by atoms with van der Waals surface area (Å²) in [5, 5.41) is 0. The van der Waals surface area contributed by atoms with Gasteiger partial charge in [-0.2, -0.15) is 0 Å². The monoisotopic (exact) mass is 418 g/mol. The van der Waals surface area contributed by atoms with Crippen LogP contribution in [0.3, 0.4) is 0 Å². The molecule has 2 aromatic rings. The maximum Gasteiger partial charge on any atom is 0.264 e. The van der Waals surface area contributed by atoms with Crippen LogP contribution in [0.2, 0.25) is 0 Å². The first-order chi connectivity index (χ1) is 14.0. The Morgan fingerprint density at radius 1 is 1.07 bits per heavy atom. The predicted octanol–water partition coefficient (Wildman–Crippen LogP) is 0.638. The number of likely N-dealkylation sites (N-methyl/N-ethyl adjacent to an activating group) is 1. The summed E-state index contributed by atoms with van der Waals surface area (Å²) >= 11 is 0. The Morgan fingerprint density at radius 3 is 2.31 bits per heavy atom. The second-order valence-corrected chi connectivity index (χ2v) is 8.84. The number of anilines is 1. The zero-order chi connectivity index (χ0) is 20.9. The third kappa shape index (κ3) is 4.71. The molecule has 0 atom stereocenters. The smallest absolute Gasteiger partial charge is 0.264 e. The van der Waals surface area contributed by atoms with Crippen LogP contribution in [-0.4, -0.2) is 65.6 Å². The number of hydrogen-bond donors (Lipinski definition) is 1. The van der Waals surface area contributed by atoms with Crippen molar-refractivity contribution in [1.82, 2.24) is 4.90 Å². The lowest BCUT2D eigenvalue weighted by Crippen LogP contribution is -3.14. The van der Waals surface area contributed by atoms with Gasteiger partial charge in [0.1, 0.15) is 12.3 Å². The molecule has 1 heterocycles. The van der Waals surface area contributed by atoms with Gasteiger partial charge in [0.25, 0.3) is 10.0 Å². The van der Waals surface area contributed by atoms with E-state index in [4.69, 9.17) is 4.74 Å². The Balaban J connectivity index is 1.93. The van der Waals surface area contributed by atoms with Crippen LogP contribution < -0.4 is 13.9 Å². The summed E-state index contributed by atoms with van der Waals surface area (Å²) in [4.78, 5) is 16.4. The van der Waals surface area contributed by atoms with Crippen molar-refractivity contribution < 1.29 is 22.8 Å². The van der Waals surface area contributed by atoms with E-state index in [1.807, 2.05) is 0 Å². The number of quaternary nitrogens is 1. The van der Waals surface area contributed by atoms with E-state index in [0.29, 0.717) is 24.5 Å². The first-order valence-corrected chi connectivity index (χ1v) is 11.2. The Bertz CT molecular complexity index is 926. The average Bonchev–Trinajstić information content (AvgIpc) is 2.77. The van der Waals surface area contributed by atoms with Crippen LogP contribution in [0, 0.1) is 0 Å². The SMILES string of the molecule is CC[NH+]1CCN(C(=O)CN(c2ccccc2OC)S(=O)(=O)c2ccccc2)CC1. The highest BCUT2D eigenvalue weighted by molar-refractivity contribution is 7.92. The number of methoxy groups -OCH3 is 1. The number of nitrogens with one attached hydrogen (secondary N) is 1. The normalized spacial score (nSPS) is 15.2. The Labute approximate surface area is 172 Å². The molecule has 0 unspecified atom stereocenters. The number of para-hydroxylation sites is 2. The second kappa shape index (κ2) is 9.28. The number of carbonyl (C=O) groups excluding carboxylic acids is 1. The van der Waals surface area contributed by atoms with Crippen molar-refractivity contribution in [3.05, 3.63) is 54.6 Å². The van der Waals surface area contributed by atoms with Crippen LogP contribution in [0.1, 0.15) is 6.92 Å². The molecule has 0 bridgehead atoms. The van der Waals surface area contributed by atoms with E-state index in [9.17, 15) is 13.2 Å². The van der Waals surface area contributed by atoms with Crippen LogP contribution in [0.25, 0.3) is 0 Å². The number of ether oxygens (including phenoxy) is 1. The Morgan fingerprint density at radius 2 is 1.69 bits per heavy atom. The zero-order valence-corrected chi connectivity index (χ0v) is 17.7. The van der Waals surface area contributed by atoms with Gasteiger partial charge in [-0.1, -0.05) is 30.3 Å². The third-order valence-corrected chi connectivity index (χ3v) is 7.06. The van der Waals surface area contributed by atoms with Crippen molar-refractivity contribution in [2.24, 2.45) is 0 Å². The van der Waals surface area contributed by atoms with Crippen LogP contribution in [-0.2, 0) is 14.8 Å². The maximum atomic E-state index is 13.4. The van der Waals surface area contributed by atoms with Crippen LogP contribution in [0.4, 0.5) is 5.69 Å². The predicted molar refractivity (Wildman–Crippen MR) is 112 cm³/mol. The molecule has 3 rings (SSSR count). The van der Waals surface area contributed by atoms with E-state index in [2.05, 4.69) is 6.92 Å². The van der Waals surface area contributed by atoms with Gasteiger partial charge < -0.3 is 14.5 Å². The standard InChI is InChI=1S/C21H27N3O4S/c1-3-22-13-15-23(16-14-22)21(25)17-24(19-11-7-8-12-20(19)28-2)29(26,27)18-9-5-4-6-10-18/h4-12H,3,13-17H2,1-2H3/p+1. The minimum atomic E-state index is -3.94. The number of hydrogen-bond acceptors (Lipinski definition) is 4. The van der Waals surface area contributed by atoms with Crippen molar-refractivity contribution in [3.63, 3.8) is 0 Å². The van der Waals surface area contributed by atoms with Gasteiger partial charge in [0.2, 0.25) is 5.91 Å². The van der Waals surface area contributed by atoms with Crippen molar-refractivity contribution >= 4 is 21.6 Å². The number of carbonyl (C=O) groups is 1. The van der Waals surface area contributed by atoms with Crippen molar-refractivity contribution in [3.8, 4) is 5.75 Å². The lowest BCUT2D eigenvalue weighted by Gasteiger charge is -2.33. The molecule has 0 spiro atoms. The molecule has 7 nitrogen and oxygen atoms in total. The van der Waals surface area contributed by atoms with E-state index < -0.39 is 10.0 Å². The number of rotatable bonds is 7. The molecule has 2 aromatic carbocycles. The number of nitrogens with zero attached hydrogens (tertiary/aromatic N) is 2. The summed E-state index contributed by atoms with van der Waals surface area (Å²) in [5.41, 5.74) is 0.352. The summed E-state index contributed by atoms with van der Waals surface area (Å²) in [5.74, 6) is 0.200. The van der Waals surface area contributed by atoms with Gasteiger partial charge >= 0.3 is 0 Å². The molecule has 0 saturated carbocycles. The third-order valence-electron chi connectivity index (χ3n) is 5.29. The average molecular weight is 419 g/mol. The number of amides is 1. The van der Waals surface area contributed by atoms with E-state index in [1.165, 1.54) is 24.1 Å². The van der Waals surface area contributed by atoms with Gasteiger partial charge in [-0.3, -0.25) is 9.10 Å². The molecule has 0 radical (unpaired) electrons. The quantitative estimate of drug-likeness (QED) is 0.716. The van der Waals surface area contributed by atoms with Crippen molar-refractivity contribution in [2.75, 3.05) is 50.7 Å². The topological polar surface area (TPSA) is 71.4 Å². The maximum absolute atomic E-state index is 13.4. The van der Waals surface area contributed by atoms with Crippen molar-refractivity contribution in [1.29, 1.82) is 0 Å². The van der Waals surface area contributed by atoms with Gasteiger partial charge in [0, 0.05) is 0 Å². The first-order valence-electron chi connectivity index (χ1n) is 9.79. The molecule has 1 amide bonds. The van der Waals surface area contributed by atoms with E-state index >= 15 is 0 Å². The molecular weight excluding hydrogens is 390 g/mol. The summed E-state index contributed by atoms with van der Waals surface area (Å²) in [6.45, 7) is 5.91. The largest absolute Gasteiger partial charge is 0.495 e. The molecule has 1 fully saturated rings. The summed E-state index contributed by atoms with van der Waals surface area (Å²) in [7, 11) is -2.45. The van der Waals surface area contributed by atoms with E-state index in [-0.39, 0.29) is 17.3 Å². The highest BCUT2D eigenvalue weighted by Crippen LogP contribution is 2.32. The van der Waals surface area contributed by atoms with Gasteiger partial charge in [-0.25, -0.2) is 8.42 Å². The Hall–Kier alpha value is -2.58. The summed E-state index contributed by atoms with van der Waals surface area (Å²) in [6, 6.07) is 15.0. The van der Waals surface area contributed by atoms with Gasteiger partial charge in [0.15, 0.2) is 0 Å². The summed E-state index contributed by atoms with van der Waals surface area (Å²) in [6.07, 6.45) is 0. The van der Waals surface area contributed by atoms with Gasteiger partial charge in [-0.15, -0.1) is 0 Å². The molecule has 1 saturated heterocycles. The number of piperazine rings is 1. The summed E-state index contributed by atoms with van der Waals surface area (Å²) < 4.78 is 33.4. The minimum absolute atomic E-state index is 0.138. The van der Waals surface area contributed by atoms with Crippen molar-refractivity contribution in [2.45, 2.75) is 11.8 Å². The number of benzene rings is 2. The van der Waals surface area contributed by atoms with E-state index in [0.717, 1.165) is 23.9 Å². The zero-order valence-electron chi connectivity index (χ0n) is 16.9. The van der Waals surface area contributed by atoms with Gasteiger partial charge in [0.05, 0.1) is 50.4 Å². The lowest BCUT2D eigenvalue weighted by molar-refractivity contribution is -0.902. The van der Waals surface area contributed by atoms with Gasteiger partial charge in [-0.05, 0) is 31.2 Å². The Kier molecular flexibility index (Phi) is 6.76. The van der Waals surface area contributed by atoms with Crippen LogP contribution in [0.15, 0.2) is 59.5 Å². The fraction of sp³-hybridized carbons (Fsp3) is 0.381. The van der Waals surface area contributed by atoms with Crippen LogP contribution >= 0.6 is 0 Å². The highest BCUT2D eigenvalue weighted by atomic mass is 32.2. The molecule has 0 aliphatic carbocycles. The second-order valence-electron chi connectivity index (χ2n) is 6.98. The minimum Gasteiger partial charge on any atom is -0.495 e. The fourth-order valence-corrected chi connectivity index (χ4v) is 4.95. The first kappa shape index (κ1) is 21.1. The molecule has 1 aliphatic rings. The molecule has 0 aromatic heterocycles. The molecule has 156 valence electrons. The molecule has 1 N–H and O–H groups in total. The lowest BCUT2D eigenvalue weighted by atomic mass is 10.2. The molecular formula is C21H28N3O4S+.